The first-order valence-electron chi connectivity index (χ1n) is 8.50. The Bertz CT molecular complexity index is 682. The zero-order valence-corrected chi connectivity index (χ0v) is 15.4. The molecule has 1 heteroatoms. The zero-order chi connectivity index (χ0) is 16.5. The van der Waals surface area contributed by atoms with Gasteiger partial charge in [-0.1, -0.05) is 60.7 Å². The standard InChI is InChI=1S/2C12H11.Fe/c2*1-2-6-11(7-3-1)10-12-8-4-5-9-12;/h2*1-4,6-8H,5,10H2;/q2*-1;+2. The molecule has 0 atom stereocenters. The van der Waals surface area contributed by atoms with Crippen molar-refractivity contribution < 1.29 is 17.1 Å². The van der Waals surface area contributed by atoms with Crippen LogP contribution in [0.2, 0.25) is 0 Å². The van der Waals surface area contributed by atoms with Gasteiger partial charge in [0.1, 0.15) is 0 Å². The Balaban J connectivity index is 0.000000173. The molecule has 126 valence electrons. The molecule has 0 spiro atoms. The summed E-state index contributed by atoms with van der Waals surface area (Å²) in [5.41, 5.74) is 5.38. The SMILES string of the molecule is [C-]1=C(Cc2ccccc2)C=CC1.[C-]1=C(Cc2ccccc2)C=CC1.[Fe+2]. The van der Waals surface area contributed by atoms with Gasteiger partial charge >= 0.3 is 17.1 Å². The molecule has 0 unspecified atom stereocenters. The van der Waals surface area contributed by atoms with Gasteiger partial charge in [0.25, 0.3) is 0 Å². The van der Waals surface area contributed by atoms with Crippen LogP contribution in [0, 0.1) is 12.2 Å². The largest absolute Gasteiger partial charge is 2.00 e. The quantitative estimate of drug-likeness (QED) is 0.471. The topological polar surface area (TPSA) is 0 Å². The van der Waals surface area contributed by atoms with Crippen LogP contribution in [-0.4, -0.2) is 0 Å². The van der Waals surface area contributed by atoms with Crippen LogP contribution in [0.15, 0.2) is 96.1 Å². The van der Waals surface area contributed by atoms with Gasteiger partial charge in [0.05, 0.1) is 0 Å². The van der Waals surface area contributed by atoms with E-state index in [0.717, 1.165) is 25.7 Å². The normalized spacial score (nSPS) is 14.2. The molecule has 0 saturated heterocycles. The van der Waals surface area contributed by atoms with Crippen molar-refractivity contribution in [2.24, 2.45) is 0 Å². The fourth-order valence-corrected chi connectivity index (χ4v) is 2.77. The maximum absolute atomic E-state index is 3.31. The monoisotopic (exact) mass is 366 g/mol. The van der Waals surface area contributed by atoms with E-state index in [1.165, 1.54) is 22.3 Å². The van der Waals surface area contributed by atoms with Crippen LogP contribution < -0.4 is 0 Å². The Morgan fingerprint density at radius 2 is 1.00 bits per heavy atom. The van der Waals surface area contributed by atoms with Crippen LogP contribution in [-0.2, 0) is 29.9 Å². The van der Waals surface area contributed by atoms with E-state index in [1.807, 2.05) is 12.1 Å². The summed E-state index contributed by atoms with van der Waals surface area (Å²) in [4.78, 5) is 0. The van der Waals surface area contributed by atoms with E-state index in [9.17, 15) is 0 Å². The van der Waals surface area contributed by atoms with Crippen LogP contribution in [0.3, 0.4) is 0 Å². The molecule has 0 aromatic heterocycles. The molecule has 0 N–H and O–H groups in total. The Kier molecular flexibility index (Phi) is 8.25. The fourth-order valence-electron chi connectivity index (χ4n) is 2.77. The molecule has 0 saturated carbocycles. The third kappa shape index (κ3) is 6.74. The Hall–Kier alpha value is -2.08. The Labute approximate surface area is 162 Å². The second-order valence-corrected chi connectivity index (χ2v) is 5.94. The van der Waals surface area contributed by atoms with Gasteiger partial charge in [-0.05, 0) is 24.0 Å². The average Bonchev–Trinajstić information content (AvgIpc) is 3.32. The minimum Gasteiger partial charge on any atom is -0.269 e. The molecule has 0 fully saturated rings. The first kappa shape index (κ1) is 19.2. The molecular formula is C24H22Fe. The minimum absolute atomic E-state index is 0. The zero-order valence-electron chi connectivity index (χ0n) is 14.3. The summed E-state index contributed by atoms with van der Waals surface area (Å²) in [5.74, 6) is 0. The van der Waals surface area contributed by atoms with Gasteiger partial charge in [0.15, 0.2) is 0 Å². The predicted octanol–water partition coefficient (Wildman–Crippen LogP) is 5.83. The molecular weight excluding hydrogens is 344 g/mol. The van der Waals surface area contributed by atoms with Crippen molar-refractivity contribution in [3.63, 3.8) is 0 Å². The predicted molar refractivity (Wildman–Crippen MR) is 101 cm³/mol. The van der Waals surface area contributed by atoms with Gasteiger partial charge in [0.2, 0.25) is 0 Å². The van der Waals surface area contributed by atoms with Crippen molar-refractivity contribution in [1.29, 1.82) is 0 Å². The molecule has 2 aliphatic carbocycles. The molecule has 2 aromatic carbocycles. The summed E-state index contributed by atoms with van der Waals surface area (Å²) in [5, 5.41) is 0. The first-order valence-corrected chi connectivity index (χ1v) is 8.50. The van der Waals surface area contributed by atoms with E-state index in [2.05, 4.69) is 85.0 Å². The van der Waals surface area contributed by atoms with E-state index in [0.29, 0.717) is 0 Å². The van der Waals surface area contributed by atoms with E-state index in [1.54, 1.807) is 0 Å². The summed E-state index contributed by atoms with van der Waals surface area (Å²) < 4.78 is 0. The molecule has 25 heavy (non-hydrogen) atoms. The molecule has 0 amide bonds. The van der Waals surface area contributed by atoms with Crippen LogP contribution in [0.5, 0.6) is 0 Å². The summed E-state index contributed by atoms with van der Waals surface area (Å²) in [6.07, 6.45) is 19.3. The third-order valence-electron chi connectivity index (χ3n) is 4.01. The van der Waals surface area contributed by atoms with E-state index in [4.69, 9.17) is 0 Å². The minimum atomic E-state index is 0. The van der Waals surface area contributed by atoms with Crippen LogP contribution in [0.25, 0.3) is 0 Å². The second-order valence-electron chi connectivity index (χ2n) is 5.94. The van der Waals surface area contributed by atoms with E-state index >= 15 is 0 Å². The molecule has 0 aliphatic heterocycles. The number of allylic oxidation sites excluding steroid dienone is 8. The van der Waals surface area contributed by atoms with Gasteiger partial charge in [-0.3, -0.25) is 12.2 Å². The molecule has 4 rings (SSSR count). The Morgan fingerprint density at radius 1 is 0.600 bits per heavy atom. The maximum Gasteiger partial charge on any atom is 2.00 e. The molecule has 0 radical (unpaired) electrons. The van der Waals surface area contributed by atoms with Crippen LogP contribution in [0.1, 0.15) is 24.0 Å². The number of hydrogen-bond acceptors (Lipinski definition) is 0. The van der Waals surface area contributed by atoms with Crippen LogP contribution in [0.4, 0.5) is 0 Å². The van der Waals surface area contributed by atoms with Gasteiger partial charge in [-0.2, -0.15) is 12.2 Å². The second kappa shape index (κ2) is 10.7. The van der Waals surface area contributed by atoms with Crippen molar-refractivity contribution >= 4 is 0 Å². The summed E-state index contributed by atoms with van der Waals surface area (Å²) in [6.45, 7) is 0. The summed E-state index contributed by atoms with van der Waals surface area (Å²) in [6, 6.07) is 21.0. The maximum atomic E-state index is 3.31. The number of rotatable bonds is 4. The fraction of sp³-hybridized carbons (Fsp3) is 0.167. The molecule has 0 bridgehead atoms. The van der Waals surface area contributed by atoms with Gasteiger partial charge in [0, 0.05) is 0 Å². The average molecular weight is 366 g/mol. The molecule has 0 heterocycles. The number of benzene rings is 2. The van der Waals surface area contributed by atoms with Gasteiger partial charge in [-0.15, -0.1) is 12.8 Å². The van der Waals surface area contributed by atoms with Crippen molar-refractivity contribution in [2.45, 2.75) is 25.7 Å². The first-order chi connectivity index (χ1) is 11.9. The molecule has 2 aliphatic rings. The van der Waals surface area contributed by atoms with Gasteiger partial charge in [-0.25, -0.2) is 23.3 Å². The third-order valence-corrected chi connectivity index (χ3v) is 4.01. The summed E-state index contributed by atoms with van der Waals surface area (Å²) >= 11 is 0. The molecule has 2 aromatic rings. The van der Waals surface area contributed by atoms with Crippen molar-refractivity contribution in [1.82, 2.24) is 0 Å². The Morgan fingerprint density at radius 3 is 1.32 bits per heavy atom. The van der Waals surface area contributed by atoms with Crippen molar-refractivity contribution in [3.05, 3.63) is 119 Å². The molecule has 0 nitrogen and oxygen atoms in total. The van der Waals surface area contributed by atoms with Crippen molar-refractivity contribution in [3.8, 4) is 0 Å². The van der Waals surface area contributed by atoms with E-state index < -0.39 is 0 Å². The van der Waals surface area contributed by atoms with Crippen LogP contribution >= 0.6 is 0 Å². The summed E-state index contributed by atoms with van der Waals surface area (Å²) in [7, 11) is 0. The van der Waals surface area contributed by atoms with Crippen molar-refractivity contribution in [2.75, 3.05) is 0 Å². The van der Waals surface area contributed by atoms with Gasteiger partial charge < -0.3 is 0 Å². The van der Waals surface area contributed by atoms with E-state index in [-0.39, 0.29) is 17.1 Å². The smallest absolute Gasteiger partial charge is 0.269 e. The number of hydrogen-bond donors (Lipinski definition) is 0.